The molecule has 0 radical (unpaired) electrons. The van der Waals surface area contributed by atoms with E-state index in [9.17, 15) is 13.6 Å². The zero-order valence-corrected chi connectivity index (χ0v) is 17.5. The minimum atomic E-state index is -2.84. The van der Waals surface area contributed by atoms with Gasteiger partial charge >= 0.3 is 0 Å². The van der Waals surface area contributed by atoms with E-state index in [1.165, 1.54) is 7.11 Å². The maximum Gasteiger partial charge on any atom is 0.283 e. The Morgan fingerprint density at radius 1 is 1.11 bits per heavy atom. The van der Waals surface area contributed by atoms with Crippen molar-refractivity contribution in [3.8, 4) is 0 Å². The highest BCUT2D eigenvalue weighted by Gasteiger charge is 2.37. The lowest BCUT2D eigenvalue weighted by Crippen LogP contribution is -2.61. The first kappa shape index (κ1) is 22.5. The smallest absolute Gasteiger partial charge is 0.283 e. The van der Waals surface area contributed by atoms with Gasteiger partial charge in [0.15, 0.2) is 0 Å². The van der Waals surface area contributed by atoms with E-state index in [4.69, 9.17) is 0 Å². The van der Waals surface area contributed by atoms with Crippen LogP contribution in [0.5, 0.6) is 0 Å². The lowest BCUT2D eigenvalue weighted by Gasteiger charge is -2.45. The zero-order valence-electron chi connectivity index (χ0n) is 17.5. The zero-order chi connectivity index (χ0) is 20.2. The molecule has 2 rings (SSSR count). The van der Waals surface area contributed by atoms with E-state index >= 15 is 0 Å². The molecular formula is C19H36F2N4O2. The number of hydrogen-bond donors (Lipinski definition) is 0. The molecule has 2 aliphatic rings. The van der Waals surface area contributed by atoms with Crippen LogP contribution in [0.4, 0.5) is 8.78 Å². The molecule has 0 aliphatic carbocycles. The van der Waals surface area contributed by atoms with Gasteiger partial charge in [0.25, 0.3) is 5.92 Å². The van der Waals surface area contributed by atoms with Crippen molar-refractivity contribution >= 4 is 5.91 Å². The third-order valence-electron chi connectivity index (χ3n) is 5.70. The van der Waals surface area contributed by atoms with Crippen LogP contribution in [0.15, 0.2) is 0 Å². The average Bonchev–Trinajstić information content (AvgIpc) is 2.57. The molecule has 0 aromatic carbocycles. The maximum absolute atomic E-state index is 13.9. The van der Waals surface area contributed by atoms with Gasteiger partial charge in [-0.1, -0.05) is 0 Å². The number of carbonyl (C=O) groups is 1. The van der Waals surface area contributed by atoms with Crippen molar-refractivity contribution in [2.24, 2.45) is 0 Å². The largest absolute Gasteiger partial charge is 0.378 e. The van der Waals surface area contributed by atoms with Gasteiger partial charge in [-0.3, -0.25) is 19.5 Å². The normalized spacial score (nSPS) is 26.7. The Morgan fingerprint density at radius 3 is 2.15 bits per heavy atom. The van der Waals surface area contributed by atoms with Crippen LogP contribution in [0.2, 0.25) is 0 Å². The predicted molar refractivity (Wildman–Crippen MR) is 102 cm³/mol. The van der Waals surface area contributed by atoms with E-state index in [0.29, 0.717) is 25.7 Å². The molecule has 0 aromatic rings. The molecule has 0 spiro atoms. The van der Waals surface area contributed by atoms with Gasteiger partial charge in [0.1, 0.15) is 6.61 Å². The van der Waals surface area contributed by atoms with Crippen molar-refractivity contribution in [3.63, 3.8) is 0 Å². The Kier molecular flexibility index (Phi) is 7.97. The van der Waals surface area contributed by atoms with Gasteiger partial charge in [0.2, 0.25) is 5.91 Å². The van der Waals surface area contributed by atoms with Crippen molar-refractivity contribution in [1.82, 2.24) is 19.6 Å². The Bertz CT molecular complexity index is 472. The molecule has 158 valence electrons. The standard InChI is InChI=1S/C19H36F2N4O2/c1-15(2)23-6-8-24(9-7-23)18(26)12-25-16(3)10-22(11-17(25)4)13-19(20,21)14-27-5/h15-17H,6-14H2,1-5H3. The molecule has 2 saturated heterocycles. The summed E-state index contributed by atoms with van der Waals surface area (Å²) < 4.78 is 32.3. The van der Waals surface area contributed by atoms with Gasteiger partial charge in [-0.2, -0.15) is 0 Å². The van der Waals surface area contributed by atoms with Crippen LogP contribution in [0.25, 0.3) is 0 Å². The molecule has 0 N–H and O–H groups in total. The second-order valence-corrected chi connectivity index (χ2v) is 8.36. The van der Waals surface area contributed by atoms with Crippen LogP contribution >= 0.6 is 0 Å². The summed E-state index contributed by atoms with van der Waals surface area (Å²) >= 11 is 0. The molecule has 0 saturated carbocycles. The number of halogens is 2. The molecule has 8 heteroatoms. The number of nitrogens with zero attached hydrogens (tertiary/aromatic N) is 4. The highest BCUT2D eigenvalue weighted by molar-refractivity contribution is 5.78. The SMILES string of the molecule is COCC(F)(F)CN1CC(C)N(CC(=O)N2CCN(C(C)C)CC2)C(C)C1. The van der Waals surface area contributed by atoms with Crippen molar-refractivity contribution < 1.29 is 18.3 Å². The van der Waals surface area contributed by atoms with E-state index in [-0.39, 0.29) is 24.5 Å². The molecule has 27 heavy (non-hydrogen) atoms. The van der Waals surface area contributed by atoms with E-state index in [2.05, 4.69) is 28.4 Å². The summed E-state index contributed by atoms with van der Waals surface area (Å²) in [5.74, 6) is -2.70. The van der Waals surface area contributed by atoms with Crippen LogP contribution in [-0.4, -0.2) is 116 Å². The van der Waals surface area contributed by atoms with Gasteiger partial charge in [-0.05, 0) is 27.7 Å². The Morgan fingerprint density at radius 2 is 1.67 bits per heavy atom. The molecule has 0 aromatic heterocycles. The molecule has 2 unspecified atom stereocenters. The van der Waals surface area contributed by atoms with Crippen LogP contribution < -0.4 is 0 Å². The monoisotopic (exact) mass is 390 g/mol. The fourth-order valence-electron chi connectivity index (χ4n) is 4.23. The van der Waals surface area contributed by atoms with Gasteiger partial charge in [0.05, 0.1) is 13.1 Å². The molecule has 2 aliphatic heterocycles. The number of rotatable bonds is 7. The van der Waals surface area contributed by atoms with E-state index in [1.807, 2.05) is 18.7 Å². The van der Waals surface area contributed by atoms with Gasteiger partial charge in [-0.25, -0.2) is 8.78 Å². The number of hydrogen-bond acceptors (Lipinski definition) is 5. The molecule has 2 fully saturated rings. The summed E-state index contributed by atoms with van der Waals surface area (Å²) in [6.07, 6.45) is 0. The third-order valence-corrected chi connectivity index (χ3v) is 5.70. The lowest BCUT2D eigenvalue weighted by atomic mass is 10.1. The van der Waals surface area contributed by atoms with Crippen molar-refractivity contribution in [2.45, 2.75) is 51.7 Å². The summed E-state index contributed by atoms with van der Waals surface area (Å²) in [6, 6.07) is 0.632. The summed E-state index contributed by atoms with van der Waals surface area (Å²) in [5.41, 5.74) is 0. The number of amides is 1. The second-order valence-electron chi connectivity index (χ2n) is 8.36. The molecule has 2 heterocycles. The Balaban J connectivity index is 1.85. The van der Waals surface area contributed by atoms with Crippen LogP contribution in [0.1, 0.15) is 27.7 Å². The Labute approximate surface area is 162 Å². The van der Waals surface area contributed by atoms with Crippen LogP contribution in [-0.2, 0) is 9.53 Å². The number of piperazine rings is 2. The quantitative estimate of drug-likeness (QED) is 0.654. The summed E-state index contributed by atoms with van der Waals surface area (Å²) in [5, 5.41) is 0. The molecule has 1 amide bonds. The topological polar surface area (TPSA) is 39.3 Å². The van der Waals surface area contributed by atoms with Crippen molar-refractivity contribution in [1.29, 1.82) is 0 Å². The minimum absolute atomic E-state index is 0.0630. The number of methoxy groups -OCH3 is 1. The predicted octanol–water partition coefficient (Wildman–Crippen LogP) is 1.22. The summed E-state index contributed by atoms with van der Waals surface area (Å²) in [4.78, 5) is 21.0. The summed E-state index contributed by atoms with van der Waals surface area (Å²) in [6.45, 7) is 12.3. The first-order valence-corrected chi connectivity index (χ1v) is 9.99. The third kappa shape index (κ3) is 6.34. The number of alkyl halides is 2. The summed E-state index contributed by atoms with van der Waals surface area (Å²) in [7, 11) is 1.30. The van der Waals surface area contributed by atoms with Crippen molar-refractivity contribution in [3.05, 3.63) is 0 Å². The fourth-order valence-corrected chi connectivity index (χ4v) is 4.23. The molecule has 6 nitrogen and oxygen atoms in total. The molecule has 2 atom stereocenters. The highest BCUT2D eigenvalue weighted by Crippen LogP contribution is 2.21. The first-order chi connectivity index (χ1) is 12.6. The molecular weight excluding hydrogens is 354 g/mol. The average molecular weight is 391 g/mol. The van der Waals surface area contributed by atoms with Gasteiger partial charge in [-0.15, -0.1) is 0 Å². The van der Waals surface area contributed by atoms with E-state index < -0.39 is 12.5 Å². The van der Waals surface area contributed by atoms with Crippen LogP contribution in [0, 0.1) is 0 Å². The van der Waals surface area contributed by atoms with E-state index in [1.54, 1.807) is 4.90 Å². The van der Waals surface area contributed by atoms with Crippen LogP contribution in [0.3, 0.4) is 0 Å². The number of carbonyl (C=O) groups excluding carboxylic acids is 1. The van der Waals surface area contributed by atoms with Crippen molar-refractivity contribution in [2.75, 3.05) is 66.1 Å². The van der Waals surface area contributed by atoms with Gasteiger partial charge in [0, 0.05) is 64.5 Å². The Hall–Kier alpha value is -0.830. The lowest BCUT2D eigenvalue weighted by molar-refractivity contribution is -0.138. The first-order valence-electron chi connectivity index (χ1n) is 9.99. The molecule has 0 bridgehead atoms. The second kappa shape index (κ2) is 9.58. The highest BCUT2D eigenvalue weighted by atomic mass is 19.3. The fraction of sp³-hybridized carbons (Fsp3) is 0.947. The number of ether oxygens (including phenoxy) is 1. The minimum Gasteiger partial charge on any atom is -0.378 e. The van der Waals surface area contributed by atoms with Gasteiger partial charge < -0.3 is 9.64 Å². The maximum atomic E-state index is 13.9. The van der Waals surface area contributed by atoms with E-state index in [0.717, 1.165) is 26.2 Å².